The van der Waals surface area contributed by atoms with E-state index in [1.54, 1.807) is 18.3 Å². The summed E-state index contributed by atoms with van der Waals surface area (Å²) in [5.74, 6) is 0.472. The highest BCUT2D eigenvalue weighted by atomic mass is 16.5. The predicted molar refractivity (Wildman–Crippen MR) is 114 cm³/mol. The first-order valence-corrected chi connectivity index (χ1v) is 10.2. The zero-order chi connectivity index (χ0) is 21.1. The summed E-state index contributed by atoms with van der Waals surface area (Å²) in [7, 11) is 0. The van der Waals surface area contributed by atoms with Crippen LogP contribution in [0.2, 0.25) is 0 Å². The monoisotopic (exact) mass is 407 g/mol. The number of amides is 1. The van der Waals surface area contributed by atoms with E-state index in [0.717, 1.165) is 41.8 Å². The van der Waals surface area contributed by atoms with Crippen molar-refractivity contribution in [3.05, 3.63) is 63.8 Å². The van der Waals surface area contributed by atoms with Crippen LogP contribution in [0.25, 0.3) is 11.0 Å². The Morgan fingerprint density at radius 1 is 1.23 bits per heavy atom. The van der Waals surface area contributed by atoms with Crippen LogP contribution in [0.1, 0.15) is 35.5 Å². The molecule has 0 aliphatic carbocycles. The van der Waals surface area contributed by atoms with Crippen LogP contribution >= 0.6 is 0 Å². The SMILES string of the molecule is CCNC(=O)c1ccc(OC2CN(Cc3cnc4cc(CC)c(=O)[nH]c4c3)C2)cn1. The maximum atomic E-state index is 12.0. The van der Waals surface area contributed by atoms with Crippen LogP contribution in [-0.2, 0) is 13.0 Å². The van der Waals surface area contributed by atoms with Crippen LogP contribution in [0.5, 0.6) is 5.75 Å². The van der Waals surface area contributed by atoms with E-state index >= 15 is 0 Å². The smallest absolute Gasteiger partial charge is 0.269 e. The van der Waals surface area contributed by atoms with Crippen molar-refractivity contribution in [3.8, 4) is 5.75 Å². The van der Waals surface area contributed by atoms with Crippen molar-refractivity contribution in [2.24, 2.45) is 0 Å². The highest BCUT2D eigenvalue weighted by molar-refractivity contribution is 5.92. The van der Waals surface area contributed by atoms with Gasteiger partial charge >= 0.3 is 0 Å². The summed E-state index contributed by atoms with van der Waals surface area (Å²) in [6, 6.07) is 7.29. The van der Waals surface area contributed by atoms with Gasteiger partial charge in [-0.3, -0.25) is 19.5 Å². The molecule has 156 valence electrons. The summed E-state index contributed by atoms with van der Waals surface area (Å²) in [6.07, 6.45) is 4.22. The maximum Gasteiger partial charge on any atom is 0.269 e. The zero-order valence-corrected chi connectivity index (χ0v) is 17.1. The fourth-order valence-electron chi connectivity index (χ4n) is 3.53. The molecule has 8 nitrogen and oxygen atoms in total. The molecule has 3 aromatic rings. The summed E-state index contributed by atoms with van der Waals surface area (Å²) < 4.78 is 5.93. The number of aryl methyl sites for hydroxylation is 1. The quantitative estimate of drug-likeness (QED) is 0.620. The van der Waals surface area contributed by atoms with Crippen molar-refractivity contribution in [2.45, 2.75) is 32.9 Å². The summed E-state index contributed by atoms with van der Waals surface area (Å²) in [6.45, 7) is 6.73. The third kappa shape index (κ3) is 4.33. The van der Waals surface area contributed by atoms with Gasteiger partial charge in [-0.2, -0.15) is 0 Å². The van der Waals surface area contributed by atoms with E-state index in [4.69, 9.17) is 4.74 Å². The molecule has 0 atom stereocenters. The third-order valence-corrected chi connectivity index (χ3v) is 5.15. The van der Waals surface area contributed by atoms with Crippen LogP contribution < -0.4 is 15.6 Å². The second-order valence-electron chi connectivity index (χ2n) is 7.43. The Morgan fingerprint density at radius 2 is 2.07 bits per heavy atom. The van der Waals surface area contributed by atoms with Crippen LogP contribution in [0.15, 0.2) is 41.5 Å². The molecule has 8 heteroatoms. The van der Waals surface area contributed by atoms with Gasteiger partial charge in [0.1, 0.15) is 17.5 Å². The van der Waals surface area contributed by atoms with Gasteiger partial charge in [-0.1, -0.05) is 6.92 Å². The fourth-order valence-corrected chi connectivity index (χ4v) is 3.53. The standard InChI is InChI=1S/C22H25N5O3/c1-3-15-8-19-20(26-21(15)28)7-14(9-24-19)11-27-12-17(13-27)30-16-5-6-18(25-10-16)22(29)23-4-2/h5-10,17H,3-4,11-13H2,1-2H3,(H,23,29)(H,26,28). The van der Waals surface area contributed by atoms with Crippen LogP contribution in [0.4, 0.5) is 0 Å². The molecule has 4 rings (SSSR count). The molecule has 0 aromatic carbocycles. The number of carbonyl (C=O) groups is 1. The Labute approximate surface area is 174 Å². The molecule has 1 saturated heterocycles. The highest BCUT2D eigenvalue weighted by Crippen LogP contribution is 2.20. The van der Waals surface area contributed by atoms with Crippen molar-refractivity contribution < 1.29 is 9.53 Å². The second kappa shape index (κ2) is 8.62. The first-order chi connectivity index (χ1) is 14.6. The molecule has 30 heavy (non-hydrogen) atoms. The Kier molecular flexibility index (Phi) is 5.76. The van der Waals surface area contributed by atoms with E-state index in [0.29, 0.717) is 24.4 Å². The number of hydrogen-bond acceptors (Lipinski definition) is 6. The molecule has 4 heterocycles. The lowest BCUT2D eigenvalue weighted by Gasteiger charge is -2.38. The number of hydrogen-bond donors (Lipinski definition) is 2. The number of H-pyrrole nitrogens is 1. The van der Waals surface area contributed by atoms with E-state index in [-0.39, 0.29) is 17.6 Å². The molecule has 3 aromatic heterocycles. The average Bonchev–Trinajstić information content (AvgIpc) is 2.72. The van der Waals surface area contributed by atoms with Gasteiger partial charge in [-0.15, -0.1) is 0 Å². The minimum atomic E-state index is -0.185. The van der Waals surface area contributed by atoms with E-state index in [1.165, 1.54) is 0 Å². The normalized spacial score (nSPS) is 14.5. The number of nitrogens with zero attached hydrogens (tertiary/aromatic N) is 3. The number of nitrogens with one attached hydrogen (secondary N) is 2. The highest BCUT2D eigenvalue weighted by Gasteiger charge is 2.28. The predicted octanol–water partition coefficient (Wildman–Crippen LogP) is 1.89. The number of aromatic nitrogens is 3. The number of aromatic amines is 1. The Hall–Kier alpha value is -3.26. The number of likely N-dealkylation sites (tertiary alicyclic amines) is 1. The van der Waals surface area contributed by atoms with E-state index < -0.39 is 0 Å². The fraction of sp³-hybridized carbons (Fsp3) is 0.364. The molecular formula is C22H25N5O3. The number of carbonyl (C=O) groups excluding carboxylic acids is 1. The van der Waals surface area contributed by atoms with Crippen LogP contribution in [0.3, 0.4) is 0 Å². The number of fused-ring (bicyclic) bond motifs is 1. The Bertz CT molecular complexity index is 1100. The van der Waals surface area contributed by atoms with E-state index in [1.807, 2.05) is 32.2 Å². The van der Waals surface area contributed by atoms with Gasteiger partial charge in [0.2, 0.25) is 0 Å². The third-order valence-electron chi connectivity index (χ3n) is 5.15. The Morgan fingerprint density at radius 3 is 2.77 bits per heavy atom. The first-order valence-electron chi connectivity index (χ1n) is 10.2. The van der Waals surface area contributed by atoms with Crippen molar-refractivity contribution >= 4 is 16.9 Å². The van der Waals surface area contributed by atoms with Crippen LogP contribution in [0, 0.1) is 0 Å². The molecule has 0 saturated carbocycles. The molecule has 0 spiro atoms. The number of pyridine rings is 3. The largest absolute Gasteiger partial charge is 0.486 e. The molecule has 0 radical (unpaired) electrons. The minimum Gasteiger partial charge on any atom is -0.486 e. The van der Waals surface area contributed by atoms with Crippen molar-refractivity contribution in [1.82, 2.24) is 25.2 Å². The summed E-state index contributed by atoms with van der Waals surface area (Å²) in [5.41, 5.74) is 3.71. The summed E-state index contributed by atoms with van der Waals surface area (Å²) in [4.78, 5) is 37.6. The topological polar surface area (TPSA) is 100 Å². The summed E-state index contributed by atoms with van der Waals surface area (Å²) >= 11 is 0. The van der Waals surface area contributed by atoms with Gasteiger partial charge < -0.3 is 15.0 Å². The van der Waals surface area contributed by atoms with Crippen molar-refractivity contribution in [3.63, 3.8) is 0 Å². The van der Waals surface area contributed by atoms with Gasteiger partial charge in [0, 0.05) is 37.9 Å². The lowest BCUT2D eigenvalue weighted by atomic mass is 10.1. The van der Waals surface area contributed by atoms with Crippen molar-refractivity contribution in [2.75, 3.05) is 19.6 Å². The van der Waals surface area contributed by atoms with E-state index in [2.05, 4.69) is 25.2 Å². The summed E-state index contributed by atoms with van der Waals surface area (Å²) in [5, 5.41) is 2.72. The second-order valence-corrected chi connectivity index (χ2v) is 7.43. The van der Waals surface area contributed by atoms with Gasteiger partial charge in [-0.25, -0.2) is 4.98 Å². The lowest BCUT2D eigenvalue weighted by molar-refractivity contribution is 0.0143. The minimum absolute atomic E-state index is 0.0480. The maximum absolute atomic E-state index is 12.0. The number of ether oxygens (including phenoxy) is 1. The molecule has 0 bridgehead atoms. The van der Waals surface area contributed by atoms with Gasteiger partial charge in [0.25, 0.3) is 11.5 Å². The first kappa shape index (κ1) is 20.0. The Balaban J connectivity index is 1.31. The molecule has 1 amide bonds. The zero-order valence-electron chi connectivity index (χ0n) is 17.1. The molecular weight excluding hydrogens is 382 g/mol. The molecule has 2 N–H and O–H groups in total. The van der Waals surface area contributed by atoms with Gasteiger partial charge in [-0.05, 0) is 43.2 Å². The molecule has 1 aliphatic heterocycles. The molecule has 0 unspecified atom stereocenters. The lowest BCUT2D eigenvalue weighted by Crippen LogP contribution is -2.53. The van der Waals surface area contributed by atoms with Crippen LogP contribution in [-0.4, -0.2) is 51.5 Å². The van der Waals surface area contributed by atoms with E-state index in [9.17, 15) is 9.59 Å². The van der Waals surface area contributed by atoms with Gasteiger partial charge in [0.15, 0.2) is 0 Å². The average molecular weight is 407 g/mol. The van der Waals surface area contributed by atoms with Gasteiger partial charge in [0.05, 0.1) is 17.2 Å². The molecule has 1 fully saturated rings. The molecule has 1 aliphatic rings. The van der Waals surface area contributed by atoms with Crippen molar-refractivity contribution in [1.29, 1.82) is 0 Å². The number of rotatable bonds is 7.